The van der Waals surface area contributed by atoms with Gasteiger partial charge in [0.2, 0.25) is 0 Å². The molecule has 3 N–H and O–H groups in total. The summed E-state index contributed by atoms with van der Waals surface area (Å²) in [5.74, 6) is 0.875. The molecular formula is C21H16FN7O. The van der Waals surface area contributed by atoms with Crippen LogP contribution in [0.3, 0.4) is 0 Å². The number of rotatable bonds is 5. The van der Waals surface area contributed by atoms with Crippen LogP contribution in [0.4, 0.5) is 15.9 Å². The zero-order valence-corrected chi connectivity index (χ0v) is 15.8. The summed E-state index contributed by atoms with van der Waals surface area (Å²) in [4.78, 5) is 8.64. The highest BCUT2D eigenvalue weighted by atomic mass is 19.1. The Morgan fingerprint density at radius 3 is 2.70 bits per heavy atom. The minimum Gasteiger partial charge on any atom is -0.495 e. The summed E-state index contributed by atoms with van der Waals surface area (Å²) in [5, 5.41) is 18.2. The number of nitrogens with zero attached hydrogens (tertiary/aromatic N) is 4. The monoisotopic (exact) mass is 401 g/mol. The molecule has 0 aliphatic carbocycles. The maximum absolute atomic E-state index is 13.7. The Balaban J connectivity index is 1.61. The molecule has 0 saturated heterocycles. The van der Waals surface area contributed by atoms with Crippen molar-refractivity contribution in [1.29, 1.82) is 0 Å². The van der Waals surface area contributed by atoms with E-state index < -0.39 is 0 Å². The number of ether oxygens (including phenoxy) is 1. The summed E-state index contributed by atoms with van der Waals surface area (Å²) >= 11 is 0. The van der Waals surface area contributed by atoms with Crippen LogP contribution in [0.5, 0.6) is 5.75 Å². The van der Waals surface area contributed by atoms with E-state index in [0.29, 0.717) is 34.0 Å². The van der Waals surface area contributed by atoms with Crippen molar-refractivity contribution in [1.82, 2.24) is 30.4 Å². The summed E-state index contributed by atoms with van der Waals surface area (Å²) in [5.41, 5.74) is 4.26. The molecule has 30 heavy (non-hydrogen) atoms. The first-order valence-electron chi connectivity index (χ1n) is 9.13. The van der Waals surface area contributed by atoms with Crippen LogP contribution >= 0.6 is 0 Å². The van der Waals surface area contributed by atoms with Gasteiger partial charge in [-0.2, -0.15) is 10.2 Å². The Morgan fingerprint density at radius 2 is 1.90 bits per heavy atom. The van der Waals surface area contributed by atoms with Gasteiger partial charge in [0.1, 0.15) is 23.7 Å². The predicted octanol–water partition coefficient (Wildman–Crippen LogP) is 4.30. The molecule has 8 nitrogen and oxygen atoms in total. The van der Waals surface area contributed by atoms with Crippen LogP contribution in [0.2, 0.25) is 0 Å². The van der Waals surface area contributed by atoms with Gasteiger partial charge >= 0.3 is 0 Å². The van der Waals surface area contributed by atoms with Crippen LogP contribution in [-0.4, -0.2) is 37.5 Å². The lowest BCUT2D eigenvalue weighted by Gasteiger charge is -2.13. The largest absolute Gasteiger partial charge is 0.495 e. The van der Waals surface area contributed by atoms with E-state index in [1.807, 2.05) is 30.3 Å². The van der Waals surface area contributed by atoms with Gasteiger partial charge in [-0.05, 0) is 41.5 Å². The van der Waals surface area contributed by atoms with E-state index in [9.17, 15) is 4.39 Å². The molecule has 0 saturated carbocycles. The number of nitrogens with one attached hydrogen (secondary N) is 3. The molecule has 0 aliphatic heterocycles. The second-order valence-electron chi connectivity index (χ2n) is 6.54. The Bertz CT molecular complexity index is 1330. The predicted molar refractivity (Wildman–Crippen MR) is 111 cm³/mol. The second kappa shape index (κ2) is 7.28. The normalized spacial score (nSPS) is 11.0. The van der Waals surface area contributed by atoms with Gasteiger partial charge in [0.05, 0.1) is 29.6 Å². The van der Waals surface area contributed by atoms with Gasteiger partial charge in [0.25, 0.3) is 0 Å². The third-order valence-corrected chi connectivity index (χ3v) is 4.73. The molecule has 148 valence electrons. The molecule has 9 heteroatoms. The fourth-order valence-corrected chi connectivity index (χ4v) is 3.32. The minimum absolute atomic E-state index is 0.294. The molecule has 0 fully saturated rings. The second-order valence-corrected chi connectivity index (χ2v) is 6.54. The molecule has 3 heterocycles. The first-order chi connectivity index (χ1) is 14.7. The van der Waals surface area contributed by atoms with Crippen LogP contribution in [0.1, 0.15) is 0 Å². The number of aromatic amines is 2. The topological polar surface area (TPSA) is 104 Å². The lowest BCUT2D eigenvalue weighted by Crippen LogP contribution is -1.99. The van der Waals surface area contributed by atoms with Gasteiger partial charge in [0.15, 0.2) is 5.65 Å². The molecule has 0 radical (unpaired) electrons. The van der Waals surface area contributed by atoms with Crippen molar-refractivity contribution in [3.05, 3.63) is 66.9 Å². The van der Waals surface area contributed by atoms with Gasteiger partial charge < -0.3 is 10.1 Å². The van der Waals surface area contributed by atoms with Crippen molar-refractivity contribution in [3.8, 4) is 28.3 Å². The molecule has 2 aromatic carbocycles. The van der Waals surface area contributed by atoms with E-state index in [-0.39, 0.29) is 5.82 Å². The van der Waals surface area contributed by atoms with E-state index in [0.717, 1.165) is 16.8 Å². The Kier molecular flexibility index (Phi) is 4.32. The highest BCUT2D eigenvalue weighted by Crippen LogP contribution is 2.35. The fourth-order valence-electron chi connectivity index (χ4n) is 3.32. The van der Waals surface area contributed by atoms with Crippen molar-refractivity contribution in [2.75, 3.05) is 12.4 Å². The zero-order chi connectivity index (χ0) is 20.5. The quantitative estimate of drug-likeness (QED) is 0.406. The Morgan fingerprint density at radius 1 is 1.00 bits per heavy atom. The van der Waals surface area contributed by atoms with Crippen LogP contribution in [0.25, 0.3) is 33.5 Å². The molecule has 0 atom stereocenters. The number of methoxy groups -OCH3 is 1. The summed E-state index contributed by atoms with van der Waals surface area (Å²) in [6.07, 6.45) is 3.09. The third-order valence-electron chi connectivity index (χ3n) is 4.73. The number of aromatic nitrogens is 6. The molecule has 0 unspecified atom stereocenters. The van der Waals surface area contributed by atoms with Gasteiger partial charge in [0, 0.05) is 6.20 Å². The molecule has 0 bridgehead atoms. The number of H-pyrrole nitrogens is 2. The molecule has 0 aliphatic rings. The fraction of sp³-hybridized carbons (Fsp3) is 0.0476. The van der Waals surface area contributed by atoms with Gasteiger partial charge in [-0.1, -0.05) is 18.2 Å². The highest BCUT2D eigenvalue weighted by molar-refractivity contribution is 5.99. The lowest BCUT2D eigenvalue weighted by atomic mass is 10.0. The molecule has 0 spiro atoms. The van der Waals surface area contributed by atoms with E-state index in [4.69, 9.17) is 4.74 Å². The SMILES string of the molecule is COc1ccc(-c2cccc(F)c2)cc1Nc1ncnc2n[nH]c(-c3ccn[nH]3)c12. The number of hydrogen-bond acceptors (Lipinski definition) is 6. The maximum Gasteiger partial charge on any atom is 0.186 e. The first-order valence-corrected chi connectivity index (χ1v) is 9.13. The van der Waals surface area contributed by atoms with Gasteiger partial charge in [-0.25, -0.2) is 14.4 Å². The molecule has 0 amide bonds. The lowest BCUT2D eigenvalue weighted by molar-refractivity contribution is 0.417. The summed E-state index contributed by atoms with van der Waals surface area (Å²) in [6, 6.07) is 13.9. The van der Waals surface area contributed by atoms with Crippen molar-refractivity contribution in [2.24, 2.45) is 0 Å². The molecule has 3 aromatic heterocycles. The van der Waals surface area contributed by atoms with Crippen LogP contribution < -0.4 is 10.1 Å². The molecule has 5 rings (SSSR count). The molecule has 5 aromatic rings. The van der Waals surface area contributed by atoms with Gasteiger partial charge in [-0.15, -0.1) is 0 Å². The number of halogens is 1. The van der Waals surface area contributed by atoms with Crippen LogP contribution in [0, 0.1) is 5.82 Å². The van der Waals surface area contributed by atoms with Crippen molar-refractivity contribution in [2.45, 2.75) is 0 Å². The Hall–Kier alpha value is -4.27. The van der Waals surface area contributed by atoms with Crippen LogP contribution in [0.15, 0.2) is 61.1 Å². The number of fused-ring (bicyclic) bond motifs is 1. The van der Waals surface area contributed by atoms with Gasteiger partial charge in [-0.3, -0.25) is 10.2 Å². The first kappa shape index (κ1) is 17.8. The number of anilines is 2. The van der Waals surface area contributed by atoms with E-state index in [1.54, 1.807) is 19.4 Å². The van der Waals surface area contributed by atoms with Crippen molar-refractivity contribution < 1.29 is 9.13 Å². The minimum atomic E-state index is -0.294. The highest BCUT2D eigenvalue weighted by Gasteiger charge is 2.17. The number of hydrogen-bond donors (Lipinski definition) is 3. The van der Waals surface area contributed by atoms with Crippen molar-refractivity contribution >= 4 is 22.5 Å². The Labute approximate surface area is 170 Å². The van der Waals surface area contributed by atoms with Crippen LogP contribution in [-0.2, 0) is 0 Å². The van der Waals surface area contributed by atoms with E-state index in [1.165, 1.54) is 18.5 Å². The van der Waals surface area contributed by atoms with E-state index >= 15 is 0 Å². The maximum atomic E-state index is 13.7. The van der Waals surface area contributed by atoms with Crippen molar-refractivity contribution in [3.63, 3.8) is 0 Å². The summed E-state index contributed by atoms with van der Waals surface area (Å²) in [6.45, 7) is 0. The smallest absolute Gasteiger partial charge is 0.186 e. The van der Waals surface area contributed by atoms with E-state index in [2.05, 4.69) is 35.7 Å². The average molecular weight is 401 g/mol. The average Bonchev–Trinajstić information content (AvgIpc) is 3.44. The third kappa shape index (κ3) is 3.12. The standard InChI is InChI=1S/C21H16FN7O/c1-30-17-6-5-13(12-3-2-4-14(22)9-12)10-16(17)26-20-18-19(15-7-8-25-27-15)28-29-21(18)24-11-23-20/h2-11H,1H3,(H,25,27)(H2,23,24,26,28,29). The zero-order valence-electron chi connectivity index (χ0n) is 15.8. The summed E-state index contributed by atoms with van der Waals surface area (Å²) in [7, 11) is 1.59. The summed E-state index contributed by atoms with van der Waals surface area (Å²) < 4.78 is 19.2. The number of benzene rings is 2. The molecular weight excluding hydrogens is 385 g/mol.